The molecule has 0 N–H and O–H groups in total. The van der Waals surface area contributed by atoms with Gasteiger partial charge in [0.25, 0.3) is 0 Å². The first-order chi connectivity index (χ1) is 17.1. The smallest absolute Gasteiger partial charge is 0.241 e. The summed E-state index contributed by atoms with van der Waals surface area (Å²) in [5, 5.41) is 2.87. The first-order valence-electron chi connectivity index (χ1n) is 12.3. The van der Waals surface area contributed by atoms with Crippen LogP contribution in [0.25, 0.3) is 11.1 Å². The summed E-state index contributed by atoms with van der Waals surface area (Å²) in [5.74, 6) is -0.445. The number of amides is 3. The van der Waals surface area contributed by atoms with E-state index < -0.39 is 5.41 Å². The average molecular weight is 486 g/mol. The molecule has 1 aromatic heterocycles. The van der Waals surface area contributed by atoms with Gasteiger partial charge < -0.3 is 4.90 Å². The molecule has 3 aliphatic rings. The maximum absolute atomic E-state index is 13.9. The Bertz CT molecular complexity index is 1250. The van der Waals surface area contributed by atoms with Crippen LogP contribution in [0, 0.1) is 0 Å². The van der Waals surface area contributed by atoms with Gasteiger partial charge in [-0.1, -0.05) is 54.6 Å². The Hall–Kier alpha value is -3.32. The molecule has 0 spiro atoms. The van der Waals surface area contributed by atoms with Crippen LogP contribution in [-0.4, -0.2) is 45.1 Å². The van der Waals surface area contributed by atoms with Crippen LogP contribution in [0.15, 0.2) is 66.2 Å². The fraction of sp³-hybridized carbons (Fsp3) is 0.357. The van der Waals surface area contributed by atoms with Gasteiger partial charge in [-0.25, -0.2) is 4.98 Å². The van der Waals surface area contributed by atoms with E-state index in [0.717, 1.165) is 47.4 Å². The maximum Gasteiger partial charge on any atom is 0.241 e. The molecule has 0 radical (unpaired) electrons. The van der Waals surface area contributed by atoms with Crippen LogP contribution in [0.2, 0.25) is 0 Å². The Morgan fingerprint density at radius 1 is 1.00 bits per heavy atom. The zero-order valence-electron chi connectivity index (χ0n) is 19.4. The number of imide groups is 1. The predicted octanol–water partition coefficient (Wildman–Crippen LogP) is 4.72. The summed E-state index contributed by atoms with van der Waals surface area (Å²) in [6.45, 7) is 0.653. The van der Waals surface area contributed by atoms with Crippen molar-refractivity contribution in [3.8, 4) is 11.1 Å². The third-order valence-electron chi connectivity index (χ3n) is 7.57. The number of rotatable bonds is 6. The number of carbonyl (C=O) groups is 3. The Kier molecular flexibility index (Phi) is 5.52. The molecule has 1 saturated carbocycles. The number of thiazole rings is 1. The van der Waals surface area contributed by atoms with E-state index in [0.29, 0.717) is 6.54 Å². The van der Waals surface area contributed by atoms with Crippen molar-refractivity contribution in [1.29, 1.82) is 0 Å². The molecule has 6 nitrogen and oxygen atoms in total. The highest BCUT2D eigenvalue weighted by molar-refractivity contribution is 7.09. The van der Waals surface area contributed by atoms with Crippen LogP contribution < -0.4 is 0 Å². The van der Waals surface area contributed by atoms with E-state index in [1.165, 1.54) is 4.90 Å². The number of aromatic nitrogens is 1. The van der Waals surface area contributed by atoms with Gasteiger partial charge in [-0.15, -0.1) is 11.3 Å². The quantitative estimate of drug-likeness (QED) is 0.474. The summed E-state index contributed by atoms with van der Waals surface area (Å²) < 4.78 is 0. The lowest BCUT2D eigenvalue weighted by Gasteiger charge is -2.31. The molecule has 2 saturated heterocycles. The van der Waals surface area contributed by atoms with Crippen LogP contribution in [0.3, 0.4) is 0 Å². The van der Waals surface area contributed by atoms with E-state index in [-0.39, 0.29) is 42.6 Å². The third kappa shape index (κ3) is 3.88. The number of nitrogens with zero attached hydrogens (tertiary/aromatic N) is 3. The monoisotopic (exact) mass is 485 g/mol. The largest absolute Gasteiger partial charge is 0.333 e. The number of carbonyl (C=O) groups excluding carboxylic acids is 3. The molecule has 3 amide bonds. The topological polar surface area (TPSA) is 70.6 Å². The Morgan fingerprint density at radius 3 is 2.43 bits per heavy atom. The summed E-state index contributed by atoms with van der Waals surface area (Å²) in [5.41, 5.74) is 1.72. The second kappa shape index (κ2) is 8.72. The summed E-state index contributed by atoms with van der Waals surface area (Å²) in [4.78, 5) is 48.4. The highest BCUT2D eigenvalue weighted by Gasteiger charge is 2.57. The highest BCUT2D eigenvalue weighted by Crippen LogP contribution is 2.46. The first kappa shape index (κ1) is 22.2. The summed E-state index contributed by atoms with van der Waals surface area (Å²) in [6, 6.07) is 17.8. The van der Waals surface area contributed by atoms with Crippen molar-refractivity contribution in [3.05, 3.63) is 76.7 Å². The SMILES string of the molecule is O=C(CC1(c2ccc(-c3ccccc3)cc2)CC(=O)N(C2CC2)C1=O)N1CCCC1c1nccs1. The van der Waals surface area contributed by atoms with E-state index in [9.17, 15) is 14.4 Å². The van der Waals surface area contributed by atoms with Crippen LogP contribution >= 0.6 is 11.3 Å². The lowest BCUT2D eigenvalue weighted by atomic mass is 9.75. The molecule has 6 rings (SSSR count). The Balaban J connectivity index is 1.34. The van der Waals surface area contributed by atoms with Crippen LogP contribution in [-0.2, 0) is 19.8 Å². The van der Waals surface area contributed by atoms with Crippen molar-refractivity contribution in [2.45, 2.75) is 56.0 Å². The fourth-order valence-corrected chi connectivity index (χ4v) is 6.41. The van der Waals surface area contributed by atoms with Crippen molar-refractivity contribution >= 4 is 29.1 Å². The first-order valence-corrected chi connectivity index (χ1v) is 13.2. The van der Waals surface area contributed by atoms with Gasteiger partial charge in [0.05, 0.1) is 11.5 Å². The second-order valence-corrected chi connectivity index (χ2v) is 10.7. The Labute approximate surface area is 208 Å². The molecule has 2 aromatic carbocycles. The minimum Gasteiger partial charge on any atom is -0.333 e. The number of hydrogen-bond donors (Lipinski definition) is 0. The van der Waals surface area contributed by atoms with E-state index in [1.807, 2.05) is 64.9 Å². The van der Waals surface area contributed by atoms with E-state index in [1.54, 1.807) is 17.5 Å². The standard InChI is InChI=1S/C28H27N3O3S/c32-24(30-15-4-7-23(30)26-29-14-16-35-26)17-28(18-25(33)31(27(28)34)22-12-13-22)21-10-8-20(9-11-21)19-5-2-1-3-6-19/h1-3,5-6,8-11,14,16,22-23H,4,7,12-13,15,17-18H2. The minimum absolute atomic E-state index is 0.00729. The van der Waals surface area contributed by atoms with Crippen molar-refractivity contribution in [1.82, 2.24) is 14.8 Å². The van der Waals surface area contributed by atoms with E-state index in [4.69, 9.17) is 0 Å². The normalized spacial score (nSPS) is 24.4. The summed E-state index contributed by atoms with van der Waals surface area (Å²) in [6.07, 6.45) is 5.32. The summed E-state index contributed by atoms with van der Waals surface area (Å²) in [7, 11) is 0. The molecule has 3 heterocycles. The van der Waals surface area contributed by atoms with Crippen molar-refractivity contribution in [2.24, 2.45) is 0 Å². The van der Waals surface area contributed by atoms with Gasteiger partial charge in [0.15, 0.2) is 0 Å². The van der Waals surface area contributed by atoms with Crippen molar-refractivity contribution in [3.63, 3.8) is 0 Å². The molecule has 3 aromatic rings. The molecular weight excluding hydrogens is 458 g/mol. The van der Waals surface area contributed by atoms with Crippen LogP contribution in [0.1, 0.15) is 55.1 Å². The molecule has 2 atom stereocenters. The molecule has 3 fully saturated rings. The minimum atomic E-state index is -1.15. The van der Waals surface area contributed by atoms with E-state index >= 15 is 0 Å². The van der Waals surface area contributed by atoms with Gasteiger partial charge in [-0.2, -0.15) is 0 Å². The molecular formula is C28H27N3O3S. The average Bonchev–Trinajstić information content (AvgIpc) is 3.26. The van der Waals surface area contributed by atoms with Gasteiger partial charge >= 0.3 is 0 Å². The molecule has 2 unspecified atom stereocenters. The molecule has 7 heteroatoms. The molecule has 178 valence electrons. The second-order valence-electron chi connectivity index (χ2n) is 9.79. The molecule has 0 bridgehead atoms. The van der Waals surface area contributed by atoms with E-state index in [2.05, 4.69) is 4.98 Å². The molecule has 35 heavy (non-hydrogen) atoms. The Morgan fingerprint density at radius 2 is 1.74 bits per heavy atom. The van der Waals surface area contributed by atoms with Gasteiger partial charge in [0.1, 0.15) is 5.01 Å². The zero-order chi connectivity index (χ0) is 24.0. The number of likely N-dealkylation sites (tertiary alicyclic amines) is 2. The van der Waals surface area contributed by atoms with Gasteiger partial charge in [-0.05, 0) is 42.4 Å². The third-order valence-corrected chi connectivity index (χ3v) is 8.45. The predicted molar refractivity (Wildman–Crippen MR) is 133 cm³/mol. The van der Waals surface area contributed by atoms with Gasteiger partial charge in [-0.3, -0.25) is 19.3 Å². The van der Waals surface area contributed by atoms with Crippen LogP contribution in [0.5, 0.6) is 0 Å². The number of hydrogen-bond acceptors (Lipinski definition) is 5. The lowest BCUT2D eigenvalue weighted by Crippen LogP contribution is -2.44. The lowest BCUT2D eigenvalue weighted by molar-refractivity contribution is -0.143. The van der Waals surface area contributed by atoms with Gasteiger partial charge in [0.2, 0.25) is 17.7 Å². The van der Waals surface area contributed by atoms with Crippen molar-refractivity contribution < 1.29 is 14.4 Å². The maximum atomic E-state index is 13.9. The zero-order valence-corrected chi connectivity index (χ0v) is 20.2. The molecule has 1 aliphatic carbocycles. The summed E-state index contributed by atoms with van der Waals surface area (Å²) >= 11 is 1.56. The molecule has 2 aliphatic heterocycles. The van der Waals surface area contributed by atoms with Gasteiger partial charge in [0, 0.05) is 37.0 Å². The van der Waals surface area contributed by atoms with Crippen molar-refractivity contribution in [2.75, 3.05) is 6.54 Å². The number of benzene rings is 2. The fourth-order valence-electron chi connectivity index (χ4n) is 5.62. The van der Waals surface area contributed by atoms with Crippen LogP contribution in [0.4, 0.5) is 0 Å². The highest BCUT2D eigenvalue weighted by atomic mass is 32.1.